The zero-order valence-electron chi connectivity index (χ0n) is 11.6. The van der Waals surface area contributed by atoms with Gasteiger partial charge in [0.05, 0.1) is 12.7 Å². The highest BCUT2D eigenvalue weighted by Gasteiger charge is 2.11. The van der Waals surface area contributed by atoms with E-state index >= 15 is 0 Å². The second-order valence-corrected chi connectivity index (χ2v) is 5.07. The van der Waals surface area contributed by atoms with Crippen molar-refractivity contribution >= 4 is 16.7 Å². The molecule has 0 aliphatic rings. The monoisotopic (exact) mass is 280 g/mol. The Balaban J connectivity index is 1.97. The van der Waals surface area contributed by atoms with Crippen LogP contribution >= 0.6 is 0 Å². The van der Waals surface area contributed by atoms with Gasteiger partial charge < -0.3 is 9.52 Å². The zero-order valence-corrected chi connectivity index (χ0v) is 11.6. The molecule has 0 radical (unpaired) electrons. The van der Waals surface area contributed by atoms with Crippen LogP contribution < -0.4 is 0 Å². The second-order valence-electron chi connectivity index (χ2n) is 5.07. The maximum atomic E-state index is 11.2. The SMILES string of the molecule is O=C(O)Cc1c(CCc2ccco2)ccc2ccccc12. The van der Waals surface area contributed by atoms with Gasteiger partial charge in [-0.3, -0.25) is 4.79 Å². The van der Waals surface area contributed by atoms with Gasteiger partial charge in [-0.25, -0.2) is 0 Å². The van der Waals surface area contributed by atoms with E-state index in [0.29, 0.717) is 0 Å². The summed E-state index contributed by atoms with van der Waals surface area (Å²) in [6.45, 7) is 0. The molecule has 3 rings (SSSR count). The molecular weight excluding hydrogens is 264 g/mol. The number of aliphatic carboxylic acids is 1. The molecule has 1 aromatic heterocycles. The molecule has 0 atom stereocenters. The smallest absolute Gasteiger partial charge is 0.307 e. The maximum Gasteiger partial charge on any atom is 0.307 e. The fourth-order valence-electron chi connectivity index (χ4n) is 2.69. The van der Waals surface area contributed by atoms with Crippen molar-refractivity contribution < 1.29 is 14.3 Å². The van der Waals surface area contributed by atoms with E-state index < -0.39 is 5.97 Å². The van der Waals surface area contributed by atoms with Crippen molar-refractivity contribution in [1.29, 1.82) is 0 Å². The Hall–Kier alpha value is -2.55. The van der Waals surface area contributed by atoms with Crippen LogP contribution in [0.3, 0.4) is 0 Å². The van der Waals surface area contributed by atoms with Crippen LogP contribution in [0, 0.1) is 0 Å². The van der Waals surface area contributed by atoms with Crippen molar-refractivity contribution in [1.82, 2.24) is 0 Å². The Morgan fingerprint density at radius 3 is 2.62 bits per heavy atom. The van der Waals surface area contributed by atoms with E-state index in [9.17, 15) is 9.90 Å². The van der Waals surface area contributed by atoms with Gasteiger partial charge in [0.2, 0.25) is 0 Å². The molecule has 1 N–H and O–H groups in total. The highest BCUT2D eigenvalue weighted by Crippen LogP contribution is 2.24. The van der Waals surface area contributed by atoms with Gasteiger partial charge in [-0.1, -0.05) is 36.4 Å². The van der Waals surface area contributed by atoms with Crippen LogP contribution in [0.25, 0.3) is 10.8 Å². The third kappa shape index (κ3) is 2.97. The Labute approximate surface area is 122 Å². The number of carbonyl (C=O) groups is 1. The standard InChI is InChI=1S/C18H16O3/c19-18(20)12-17-14(9-10-15-5-3-11-21-15)8-7-13-4-1-2-6-16(13)17/h1-8,11H,9-10,12H2,(H,19,20). The molecule has 2 aromatic carbocycles. The maximum absolute atomic E-state index is 11.2. The fraction of sp³-hybridized carbons (Fsp3) is 0.167. The van der Waals surface area contributed by atoms with Crippen molar-refractivity contribution in [2.24, 2.45) is 0 Å². The minimum atomic E-state index is -0.800. The van der Waals surface area contributed by atoms with Gasteiger partial charge >= 0.3 is 5.97 Å². The van der Waals surface area contributed by atoms with Gasteiger partial charge in [0, 0.05) is 6.42 Å². The minimum absolute atomic E-state index is 0.0504. The van der Waals surface area contributed by atoms with Crippen molar-refractivity contribution in [2.45, 2.75) is 19.3 Å². The van der Waals surface area contributed by atoms with Crippen LogP contribution in [-0.4, -0.2) is 11.1 Å². The van der Waals surface area contributed by atoms with Gasteiger partial charge in [0.25, 0.3) is 0 Å². The molecule has 3 aromatic rings. The molecule has 0 bridgehead atoms. The van der Waals surface area contributed by atoms with Crippen LogP contribution in [0.15, 0.2) is 59.2 Å². The molecule has 0 fully saturated rings. The average molecular weight is 280 g/mol. The van der Waals surface area contributed by atoms with Gasteiger partial charge in [-0.05, 0) is 40.5 Å². The first-order valence-electron chi connectivity index (χ1n) is 6.98. The molecule has 0 amide bonds. The Morgan fingerprint density at radius 2 is 1.86 bits per heavy atom. The second kappa shape index (κ2) is 5.83. The van der Waals surface area contributed by atoms with Crippen molar-refractivity contribution in [3.8, 4) is 0 Å². The van der Waals surface area contributed by atoms with Crippen LogP contribution in [-0.2, 0) is 24.1 Å². The van der Waals surface area contributed by atoms with Crippen LogP contribution in [0.1, 0.15) is 16.9 Å². The first-order valence-corrected chi connectivity index (χ1v) is 6.98. The average Bonchev–Trinajstić information content (AvgIpc) is 2.99. The summed E-state index contributed by atoms with van der Waals surface area (Å²) in [4.78, 5) is 11.2. The molecule has 21 heavy (non-hydrogen) atoms. The van der Waals surface area contributed by atoms with Crippen molar-refractivity contribution in [3.05, 3.63) is 71.7 Å². The van der Waals surface area contributed by atoms with Crippen LogP contribution in [0.4, 0.5) is 0 Å². The molecule has 1 heterocycles. The predicted molar refractivity (Wildman–Crippen MR) is 81.4 cm³/mol. The molecule has 0 saturated heterocycles. The third-order valence-electron chi connectivity index (χ3n) is 3.69. The minimum Gasteiger partial charge on any atom is -0.481 e. The predicted octanol–water partition coefficient (Wildman–Crippen LogP) is 3.85. The summed E-state index contributed by atoms with van der Waals surface area (Å²) in [6.07, 6.45) is 3.27. The molecule has 0 saturated carbocycles. The van der Waals surface area contributed by atoms with E-state index in [1.165, 1.54) is 0 Å². The highest BCUT2D eigenvalue weighted by atomic mass is 16.4. The van der Waals surface area contributed by atoms with E-state index in [-0.39, 0.29) is 6.42 Å². The molecule has 0 aliphatic heterocycles. The Bertz CT molecular complexity index is 757. The Morgan fingerprint density at radius 1 is 1.00 bits per heavy atom. The zero-order chi connectivity index (χ0) is 14.7. The molecule has 0 unspecified atom stereocenters. The van der Waals surface area contributed by atoms with Gasteiger partial charge in [-0.15, -0.1) is 0 Å². The number of benzene rings is 2. The topological polar surface area (TPSA) is 50.4 Å². The van der Waals surface area contributed by atoms with E-state index in [0.717, 1.165) is 40.5 Å². The number of hydrogen-bond donors (Lipinski definition) is 1. The van der Waals surface area contributed by atoms with Crippen molar-refractivity contribution in [3.63, 3.8) is 0 Å². The van der Waals surface area contributed by atoms with Crippen LogP contribution in [0.2, 0.25) is 0 Å². The third-order valence-corrected chi connectivity index (χ3v) is 3.69. The Kier molecular flexibility index (Phi) is 3.73. The lowest BCUT2D eigenvalue weighted by Crippen LogP contribution is -2.05. The lowest BCUT2D eigenvalue weighted by Gasteiger charge is -2.11. The summed E-state index contributed by atoms with van der Waals surface area (Å²) < 4.78 is 5.35. The summed E-state index contributed by atoms with van der Waals surface area (Å²) >= 11 is 0. The lowest BCUT2D eigenvalue weighted by molar-refractivity contribution is -0.136. The number of carboxylic acids is 1. The van der Waals surface area contributed by atoms with E-state index in [1.807, 2.05) is 42.5 Å². The normalized spacial score (nSPS) is 10.9. The number of fused-ring (bicyclic) bond motifs is 1. The summed E-state index contributed by atoms with van der Waals surface area (Å²) in [7, 11) is 0. The lowest BCUT2D eigenvalue weighted by atomic mass is 9.94. The summed E-state index contributed by atoms with van der Waals surface area (Å²) in [5.74, 6) is 0.120. The highest BCUT2D eigenvalue weighted by molar-refractivity contribution is 5.89. The van der Waals surface area contributed by atoms with E-state index in [4.69, 9.17) is 4.42 Å². The van der Waals surface area contributed by atoms with Gasteiger partial charge in [0.15, 0.2) is 0 Å². The molecular formula is C18H16O3. The number of rotatable bonds is 5. The fourth-order valence-corrected chi connectivity index (χ4v) is 2.69. The van der Waals surface area contributed by atoms with E-state index in [2.05, 4.69) is 6.07 Å². The van der Waals surface area contributed by atoms with Gasteiger partial charge in [0.1, 0.15) is 5.76 Å². The quantitative estimate of drug-likeness (QED) is 0.772. The number of aryl methyl sites for hydroxylation is 2. The van der Waals surface area contributed by atoms with Crippen molar-refractivity contribution in [2.75, 3.05) is 0 Å². The van der Waals surface area contributed by atoms with Crippen LogP contribution in [0.5, 0.6) is 0 Å². The summed E-state index contributed by atoms with van der Waals surface area (Å²) in [6, 6.07) is 15.8. The van der Waals surface area contributed by atoms with Gasteiger partial charge in [-0.2, -0.15) is 0 Å². The molecule has 106 valence electrons. The number of hydrogen-bond acceptors (Lipinski definition) is 2. The molecule has 3 heteroatoms. The van der Waals surface area contributed by atoms with E-state index in [1.54, 1.807) is 6.26 Å². The number of furan rings is 1. The summed E-state index contributed by atoms with van der Waals surface area (Å²) in [5.41, 5.74) is 1.99. The summed E-state index contributed by atoms with van der Waals surface area (Å²) in [5, 5.41) is 11.3. The largest absolute Gasteiger partial charge is 0.481 e. The molecule has 3 nitrogen and oxygen atoms in total. The molecule has 0 aliphatic carbocycles. The number of carboxylic acid groups (broad SMARTS) is 1. The first kappa shape index (κ1) is 13.4. The first-order chi connectivity index (χ1) is 10.2. The molecule has 0 spiro atoms.